The third-order valence-corrected chi connectivity index (χ3v) is 3.45. The summed E-state index contributed by atoms with van der Waals surface area (Å²) < 4.78 is 5.48. The summed E-state index contributed by atoms with van der Waals surface area (Å²) in [6, 6.07) is 4.83. The molecular weight excluding hydrogens is 307 g/mol. The van der Waals surface area contributed by atoms with Gasteiger partial charge in [-0.25, -0.2) is 4.98 Å². The van der Waals surface area contributed by atoms with Crippen LogP contribution in [-0.4, -0.2) is 17.0 Å². The van der Waals surface area contributed by atoms with Crippen LogP contribution in [0, 0.1) is 0 Å². The smallest absolute Gasteiger partial charge is 0.266 e. The van der Waals surface area contributed by atoms with Crippen LogP contribution in [0.25, 0.3) is 0 Å². The molecule has 0 spiro atoms. The maximum Gasteiger partial charge on any atom is 0.266 e. The molecular formula is C12H10Cl2N2O2S. The van der Waals surface area contributed by atoms with Gasteiger partial charge in [-0.15, -0.1) is 11.3 Å². The molecule has 19 heavy (non-hydrogen) atoms. The normalized spacial score (nSPS) is 11.9. The molecule has 2 rings (SSSR count). The van der Waals surface area contributed by atoms with Gasteiger partial charge in [0, 0.05) is 16.6 Å². The third kappa shape index (κ3) is 3.83. The van der Waals surface area contributed by atoms with Crippen LogP contribution in [0.3, 0.4) is 0 Å². The van der Waals surface area contributed by atoms with Crippen molar-refractivity contribution >= 4 is 45.6 Å². The van der Waals surface area contributed by atoms with Crippen molar-refractivity contribution in [2.45, 2.75) is 13.0 Å². The Hall–Kier alpha value is -1.30. The fourth-order valence-electron chi connectivity index (χ4n) is 1.31. The molecule has 0 aliphatic rings. The van der Waals surface area contributed by atoms with Gasteiger partial charge in [0.05, 0.1) is 5.02 Å². The van der Waals surface area contributed by atoms with Gasteiger partial charge < -0.3 is 4.74 Å². The summed E-state index contributed by atoms with van der Waals surface area (Å²) in [4.78, 5) is 15.8. The molecule has 0 aliphatic heterocycles. The second kappa shape index (κ2) is 6.23. The second-order valence-electron chi connectivity index (χ2n) is 3.66. The van der Waals surface area contributed by atoms with Crippen LogP contribution in [-0.2, 0) is 4.79 Å². The minimum atomic E-state index is -0.692. The molecule has 0 saturated heterocycles. The number of carbonyl (C=O) groups excluding carboxylic acids is 1. The highest BCUT2D eigenvalue weighted by atomic mass is 35.5. The van der Waals surface area contributed by atoms with Gasteiger partial charge in [0.2, 0.25) is 0 Å². The number of amides is 1. The minimum Gasteiger partial charge on any atom is -0.479 e. The summed E-state index contributed by atoms with van der Waals surface area (Å²) in [5.41, 5.74) is 0. The van der Waals surface area contributed by atoms with Crippen LogP contribution in [0.5, 0.6) is 5.75 Å². The van der Waals surface area contributed by atoms with Crippen LogP contribution < -0.4 is 10.1 Å². The zero-order valence-electron chi connectivity index (χ0n) is 9.89. The summed E-state index contributed by atoms with van der Waals surface area (Å²) in [6.45, 7) is 1.63. The number of hydrogen-bond donors (Lipinski definition) is 1. The fourth-order valence-corrected chi connectivity index (χ4v) is 2.29. The van der Waals surface area contributed by atoms with Crippen molar-refractivity contribution in [1.82, 2.24) is 4.98 Å². The number of anilines is 1. The number of thiazole rings is 1. The van der Waals surface area contributed by atoms with Gasteiger partial charge in [-0.1, -0.05) is 23.2 Å². The number of ether oxygens (including phenoxy) is 1. The van der Waals surface area contributed by atoms with Gasteiger partial charge in [-0.05, 0) is 25.1 Å². The van der Waals surface area contributed by atoms with Crippen molar-refractivity contribution in [1.29, 1.82) is 0 Å². The highest BCUT2D eigenvalue weighted by Gasteiger charge is 2.17. The molecule has 1 aromatic carbocycles. The standard InChI is InChI=1S/C12H10Cl2N2O2S/c1-7(11(17)16-12-15-4-5-19-12)18-10-3-2-8(13)6-9(10)14/h2-7H,1H3,(H,15,16,17)/t7-/m0/s1. The summed E-state index contributed by atoms with van der Waals surface area (Å²) in [7, 11) is 0. The Morgan fingerprint density at radius 1 is 1.47 bits per heavy atom. The molecule has 0 bridgehead atoms. The monoisotopic (exact) mass is 316 g/mol. The lowest BCUT2D eigenvalue weighted by Gasteiger charge is -2.14. The second-order valence-corrected chi connectivity index (χ2v) is 5.40. The highest BCUT2D eigenvalue weighted by Crippen LogP contribution is 2.28. The van der Waals surface area contributed by atoms with Gasteiger partial charge in [0.25, 0.3) is 5.91 Å². The van der Waals surface area contributed by atoms with Crippen molar-refractivity contribution in [3.63, 3.8) is 0 Å². The summed E-state index contributed by atoms with van der Waals surface area (Å²) in [5, 5.41) is 5.83. The summed E-state index contributed by atoms with van der Waals surface area (Å²) >= 11 is 13.1. The molecule has 0 unspecified atom stereocenters. The van der Waals surface area contributed by atoms with Crippen molar-refractivity contribution in [3.05, 3.63) is 39.8 Å². The SMILES string of the molecule is C[C@H](Oc1ccc(Cl)cc1Cl)C(=O)Nc1nccs1. The quantitative estimate of drug-likeness (QED) is 0.931. The zero-order chi connectivity index (χ0) is 13.8. The molecule has 0 radical (unpaired) electrons. The van der Waals surface area contributed by atoms with E-state index in [0.717, 1.165) is 0 Å². The lowest BCUT2D eigenvalue weighted by molar-refractivity contribution is -0.122. The van der Waals surface area contributed by atoms with Crippen molar-refractivity contribution < 1.29 is 9.53 Å². The topological polar surface area (TPSA) is 51.2 Å². The van der Waals surface area contributed by atoms with Crippen molar-refractivity contribution in [3.8, 4) is 5.75 Å². The van der Waals surface area contributed by atoms with Crippen molar-refractivity contribution in [2.24, 2.45) is 0 Å². The van der Waals surface area contributed by atoms with E-state index in [1.165, 1.54) is 11.3 Å². The Labute approximate surface area is 124 Å². The van der Waals surface area contributed by atoms with E-state index in [0.29, 0.717) is 20.9 Å². The zero-order valence-corrected chi connectivity index (χ0v) is 12.2. The number of aromatic nitrogens is 1. The number of rotatable bonds is 4. The van der Waals surface area contributed by atoms with E-state index in [4.69, 9.17) is 27.9 Å². The number of halogens is 2. The fraction of sp³-hybridized carbons (Fsp3) is 0.167. The van der Waals surface area contributed by atoms with E-state index in [-0.39, 0.29) is 5.91 Å². The number of benzene rings is 1. The molecule has 1 N–H and O–H groups in total. The molecule has 0 aliphatic carbocycles. The molecule has 0 saturated carbocycles. The van der Waals surface area contributed by atoms with Gasteiger partial charge >= 0.3 is 0 Å². The van der Waals surface area contributed by atoms with Crippen LogP contribution >= 0.6 is 34.5 Å². The average molecular weight is 317 g/mol. The van der Waals surface area contributed by atoms with E-state index < -0.39 is 6.10 Å². The summed E-state index contributed by atoms with van der Waals surface area (Å²) in [6.07, 6.45) is 0.921. The van der Waals surface area contributed by atoms with Gasteiger partial charge in [-0.3, -0.25) is 10.1 Å². The largest absolute Gasteiger partial charge is 0.479 e. The first-order valence-corrected chi connectivity index (χ1v) is 7.02. The van der Waals surface area contributed by atoms with E-state index in [1.807, 2.05) is 0 Å². The first-order chi connectivity index (χ1) is 9.06. The Kier molecular flexibility index (Phi) is 4.63. The number of carbonyl (C=O) groups is 1. The lowest BCUT2D eigenvalue weighted by Crippen LogP contribution is -2.30. The Balaban J connectivity index is 2.00. The predicted octanol–water partition coefficient (Wildman–Crippen LogP) is 3.86. The molecule has 7 heteroatoms. The molecule has 0 fully saturated rings. The minimum absolute atomic E-state index is 0.291. The summed E-state index contributed by atoms with van der Waals surface area (Å²) in [5.74, 6) is 0.119. The van der Waals surface area contributed by atoms with Gasteiger partial charge in [-0.2, -0.15) is 0 Å². The first-order valence-electron chi connectivity index (χ1n) is 5.38. The van der Waals surface area contributed by atoms with Crippen LogP contribution in [0.4, 0.5) is 5.13 Å². The average Bonchev–Trinajstić information content (AvgIpc) is 2.85. The van der Waals surface area contributed by atoms with Crippen LogP contribution in [0.1, 0.15) is 6.92 Å². The van der Waals surface area contributed by atoms with Crippen LogP contribution in [0.15, 0.2) is 29.8 Å². The third-order valence-electron chi connectivity index (χ3n) is 2.23. The van der Waals surface area contributed by atoms with Gasteiger partial charge in [0.1, 0.15) is 5.75 Å². The van der Waals surface area contributed by atoms with E-state index in [2.05, 4.69) is 10.3 Å². The van der Waals surface area contributed by atoms with E-state index in [1.54, 1.807) is 36.7 Å². The molecule has 1 atom stereocenters. The molecule has 2 aromatic rings. The first kappa shape index (κ1) is 14.1. The molecule has 4 nitrogen and oxygen atoms in total. The highest BCUT2D eigenvalue weighted by molar-refractivity contribution is 7.13. The van der Waals surface area contributed by atoms with Gasteiger partial charge in [0.15, 0.2) is 11.2 Å². The van der Waals surface area contributed by atoms with Crippen LogP contribution in [0.2, 0.25) is 10.0 Å². The number of hydrogen-bond acceptors (Lipinski definition) is 4. The van der Waals surface area contributed by atoms with E-state index >= 15 is 0 Å². The number of nitrogens with zero attached hydrogens (tertiary/aromatic N) is 1. The lowest BCUT2D eigenvalue weighted by atomic mass is 10.3. The van der Waals surface area contributed by atoms with E-state index in [9.17, 15) is 4.79 Å². The maximum absolute atomic E-state index is 11.9. The Bertz CT molecular complexity index is 575. The molecule has 1 amide bonds. The Morgan fingerprint density at radius 2 is 2.26 bits per heavy atom. The molecule has 100 valence electrons. The maximum atomic E-state index is 11.9. The number of nitrogens with one attached hydrogen (secondary N) is 1. The predicted molar refractivity (Wildman–Crippen MR) is 77.3 cm³/mol. The van der Waals surface area contributed by atoms with Crippen molar-refractivity contribution in [2.75, 3.05) is 5.32 Å². The molecule has 1 aromatic heterocycles. The molecule has 1 heterocycles. The Morgan fingerprint density at radius 3 is 2.89 bits per heavy atom.